The van der Waals surface area contributed by atoms with Crippen LogP contribution in [0.3, 0.4) is 0 Å². The zero-order valence-electron chi connectivity index (χ0n) is 17.7. The number of nitrogens with zero attached hydrogens (tertiary/aromatic N) is 1. The van der Waals surface area contributed by atoms with E-state index < -0.39 is 25.1 Å². The van der Waals surface area contributed by atoms with Crippen molar-refractivity contribution in [2.24, 2.45) is 0 Å². The second kappa shape index (κ2) is 12.8. The fourth-order valence-corrected chi connectivity index (χ4v) is 4.12. The number of nitrogens with one attached hydrogen (secondary N) is 1. The lowest BCUT2D eigenvalue weighted by Gasteiger charge is -2.19. The minimum atomic E-state index is -3.55. The summed E-state index contributed by atoms with van der Waals surface area (Å²) in [7, 11) is -3.55. The minimum absolute atomic E-state index is 0.133. The highest BCUT2D eigenvalue weighted by molar-refractivity contribution is 7.58. The SMILES string of the molecule is CCOC(C)OCCC(=C=CCn1cc(C)c(=O)[nH]c1=O)P(=O)(OCC)OCC. The van der Waals surface area contributed by atoms with Crippen molar-refractivity contribution in [2.45, 2.75) is 53.9 Å². The van der Waals surface area contributed by atoms with Gasteiger partial charge < -0.3 is 18.5 Å². The topological polar surface area (TPSA) is 109 Å². The molecule has 0 amide bonds. The number of hydrogen-bond acceptors (Lipinski definition) is 7. The van der Waals surface area contributed by atoms with Gasteiger partial charge >= 0.3 is 13.3 Å². The Balaban J connectivity index is 3.12. The van der Waals surface area contributed by atoms with E-state index in [-0.39, 0.29) is 32.8 Å². The molecule has 29 heavy (non-hydrogen) atoms. The molecule has 1 atom stereocenters. The summed E-state index contributed by atoms with van der Waals surface area (Å²) in [5.74, 6) is 0. The van der Waals surface area contributed by atoms with Crippen LogP contribution in [0.2, 0.25) is 0 Å². The van der Waals surface area contributed by atoms with Crippen molar-refractivity contribution in [1.29, 1.82) is 0 Å². The van der Waals surface area contributed by atoms with Crippen LogP contribution >= 0.6 is 7.60 Å². The monoisotopic (exact) mass is 430 g/mol. The molecular weight excluding hydrogens is 399 g/mol. The van der Waals surface area contributed by atoms with Crippen LogP contribution in [0.15, 0.2) is 32.9 Å². The van der Waals surface area contributed by atoms with Gasteiger partial charge in [-0.1, -0.05) is 0 Å². The van der Waals surface area contributed by atoms with Gasteiger partial charge in [-0.05, 0) is 40.7 Å². The van der Waals surface area contributed by atoms with Gasteiger partial charge in [-0.2, -0.15) is 0 Å². The molecule has 0 fully saturated rings. The van der Waals surface area contributed by atoms with Crippen LogP contribution < -0.4 is 11.2 Å². The van der Waals surface area contributed by atoms with Crippen LogP contribution in [0, 0.1) is 6.92 Å². The first-order valence-corrected chi connectivity index (χ1v) is 11.2. The van der Waals surface area contributed by atoms with Gasteiger partial charge in [0.2, 0.25) is 0 Å². The molecule has 0 spiro atoms. The van der Waals surface area contributed by atoms with Crippen LogP contribution in [-0.4, -0.2) is 42.3 Å². The summed E-state index contributed by atoms with van der Waals surface area (Å²) >= 11 is 0. The van der Waals surface area contributed by atoms with Crippen molar-refractivity contribution in [2.75, 3.05) is 26.4 Å². The van der Waals surface area contributed by atoms with Gasteiger partial charge in [-0.15, -0.1) is 5.73 Å². The van der Waals surface area contributed by atoms with Gasteiger partial charge in [0.25, 0.3) is 5.56 Å². The fourth-order valence-electron chi connectivity index (χ4n) is 2.44. The van der Waals surface area contributed by atoms with Gasteiger partial charge in [0, 0.05) is 24.8 Å². The summed E-state index contributed by atoms with van der Waals surface area (Å²) < 4.78 is 36.2. The van der Waals surface area contributed by atoms with E-state index in [9.17, 15) is 14.2 Å². The third kappa shape index (κ3) is 8.26. The van der Waals surface area contributed by atoms with E-state index in [4.69, 9.17) is 18.5 Å². The summed E-state index contributed by atoms with van der Waals surface area (Å²) in [5, 5.41) is 0.319. The second-order valence-electron chi connectivity index (χ2n) is 6.00. The van der Waals surface area contributed by atoms with Crippen LogP contribution in [-0.2, 0) is 29.6 Å². The molecule has 0 aliphatic heterocycles. The lowest BCUT2D eigenvalue weighted by Crippen LogP contribution is -2.30. The van der Waals surface area contributed by atoms with E-state index in [1.54, 1.807) is 33.8 Å². The summed E-state index contributed by atoms with van der Waals surface area (Å²) in [4.78, 5) is 25.6. The number of aromatic nitrogens is 2. The van der Waals surface area contributed by atoms with Crippen LogP contribution in [0.1, 0.15) is 39.7 Å². The highest BCUT2D eigenvalue weighted by atomic mass is 31.2. The van der Waals surface area contributed by atoms with E-state index in [0.717, 1.165) is 0 Å². The molecule has 1 N–H and O–H groups in total. The third-order valence-corrected chi connectivity index (χ3v) is 5.98. The maximum absolute atomic E-state index is 13.2. The van der Waals surface area contributed by atoms with Crippen molar-refractivity contribution in [3.63, 3.8) is 0 Å². The van der Waals surface area contributed by atoms with Gasteiger partial charge in [-0.3, -0.25) is 18.9 Å². The maximum atomic E-state index is 13.2. The average molecular weight is 430 g/mol. The van der Waals surface area contributed by atoms with Crippen LogP contribution in [0.5, 0.6) is 0 Å². The van der Waals surface area contributed by atoms with Crippen molar-refractivity contribution >= 4 is 7.60 Å². The second-order valence-corrected chi connectivity index (χ2v) is 8.05. The Morgan fingerprint density at radius 1 is 1.21 bits per heavy atom. The van der Waals surface area contributed by atoms with Crippen molar-refractivity contribution in [1.82, 2.24) is 9.55 Å². The lowest BCUT2D eigenvalue weighted by molar-refractivity contribution is -0.126. The molecule has 0 aliphatic rings. The van der Waals surface area contributed by atoms with E-state index in [1.807, 2.05) is 6.92 Å². The molecule has 0 saturated heterocycles. The lowest BCUT2D eigenvalue weighted by atomic mass is 10.4. The summed E-state index contributed by atoms with van der Waals surface area (Å²) in [6.45, 7) is 10.0. The zero-order chi connectivity index (χ0) is 21.9. The molecular formula is C19H31N2O7P. The van der Waals surface area contributed by atoms with E-state index in [0.29, 0.717) is 17.5 Å². The number of rotatable bonds is 13. The molecule has 9 nitrogen and oxygen atoms in total. The fraction of sp³-hybridized carbons (Fsp3) is 0.632. The first kappa shape index (κ1) is 25.3. The van der Waals surface area contributed by atoms with Gasteiger partial charge in [-0.25, -0.2) is 4.79 Å². The van der Waals surface area contributed by atoms with Crippen LogP contribution in [0.25, 0.3) is 0 Å². The van der Waals surface area contributed by atoms with E-state index in [1.165, 1.54) is 10.8 Å². The Labute approximate surface area is 170 Å². The van der Waals surface area contributed by atoms with Gasteiger partial charge in [0.1, 0.15) is 0 Å². The summed E-state index contributed by atoms with van der Waals surface area (Å²) in [6.07, 6.45) is 2.86. The average Bonchev–Trinajstić information content (AvgIpc) is 2.65. The molecule has 0 bridgehead atoms. The molecule has 10 heteroatoms. The Kier molecular flexibility index (Phi) is 11.1. The molecule has 1 aromatic rings. The standard InChI is InChI=1S/C19H31N2O7P/c1-6-25-16(5)26-13-11-17(29(24,27-7-2)28-8-3)10-9-12-21-14-15(4)18(22)20-19(21)23/h9,14,16H,6-8,11-13H2,1-5H3,(H,20,22,23). The van der Waals surface area contributed by atoms with Crippen LogP contribution in [0.4, 0.5) is 0 Å². The number of aromatic amines is 1. The molecule has 1 unspecified atom stereocenters. The Morgan fingerprint density at radius 3 is 2.45 bits per heavy atom. The van der Waals surface area contributed by atoms with Crippen molar-refractivity contribution in [3.05, 3.63) is 49.7 Å². The van der Waals surface area contributed by atoms with Gasteiger partial charge in [0.05, 0.1) is 31.7 Å². The number of ether oxygens (including phenoxy) is 2. The molecule has 0 saturated carbocycles. The summed E-state index contributed by atoms with van der Waals surface area (Å²) in [6, 6.07) is 0. The first-order chi connectivity index (χ1) is 13.8. The molecule has 0 aliphatic carbocycles. The smallest absolute Gasteiger partial charge is 0.353 e. The minimum Gasteiger partial charge on any atom is -0.353 e. The third-order valence-electron chi connectivity index (χ3n) is 3.77. The van der Waals surface area contributed by atoms with E-state index in [2.05, 4.69) is 10.7 Å². The Bertz CT molecular complexity index is 858. The molecule has 164 valence electrons. The highest BCUT2D eigenvalue weighted by Crippen LogP contribution is 2.56. The van der Waals surface area contributed by atoms with Gasteiger partial charge in [0.15, 0.2) is 6.29 Å². The van der Waals surface area contributed by atoms with Crippen molar-refractivity contribution < 1.29 is 23.1 Å². The quantitative estimate of drug-likeness (QED) is 0.291. The number of hydrogen-bond donors (Lipinski definition) is 1. The maximum Gasteiger partial charge on any atom is 0.365 e. The number of H-pyrrole nitrogens is 1. The van der Waals surface area contributed by atoms with Crippen molar-refractivity contribution in [3.8, 4) is 0 Å². The number of aryl methyl sites for hydroxylation is 1. The molecule has 1 aromatic heterocycles. The Morgan fingerprint density at radius 2 is 1.86 bits per heavy atom. The Hall–Kier alpha value is -1.73. The highest BCUT2D eigenvalue weighted by Gasteiger charge is 2.29. The molecule has 1 heterocycles. The summed E-state index contributed by atoms with van der Waals surface area (Å²) in [5.41, 5.74) is 2.40. The largest absolute Gasteiger partial charge is 0.365 e. The molecule has 0 radical (unpaired) electrons. The predicted molar refractivity (Wildman–Crippen MR) is 110 cm³/mol. The van der Waals surface area contributed by atoms with E-state index >= 15 is 0 Å². The zero-order valence-corrected chi connectivity index (χ0v) is 18.6. The normalized spacial score (nSPS) is 12.4. The molecule has 0 aromatic carbocycles. The first-order valence-electron chi connectivity index (χ1n) is 9.64. The molecule has 1 rings (SSSR count). The predicted octanol–water partition coefficient (Wildman–Crippen LogP) is 2.94.